The number of phenols is 1. The van der Waals surface area contributed by atoms with Gasteiger partial charge in [-0.2, -0.15) is 5.26 Å². The van der Waals surface area contributed by atoms with Crippen LogP contribution >= 0.6 is 0 Å². The number of ether oxygens (including phenoxy) is 1. The molecular weight excluding hydrogens is 268 g/mol. The molecule has 3 rings (SSSR count). The van der Waals surface area contributed by atoms with Crippen molar-refractivity contribution in [1.29, 1.82) is 5.26 Å². The summed E-state index contributed by atoms with van der Waals surface area (Å²) < 4.78 is 6.70. The Balaban J connectivity index is 2.29. The molecule has 1 heterocycles. The minimum Gasteiger partial charge on any atom is -0.507 e. The van der Waals surface area contributed by atoms with Crippen LogP contribution in [0.5, 0.6) is 5.75 Å². The first-order valence-electron chi connectivity index (χ1n) is 6.31. The molecule has 104 valence electrons. The minimum atomic E-state index is 0.197. The second-order valence-electron chi connectivity index (χ2n) is 4.49. The van der Waals surface area contributed by atoms with Gasteiger partial charge in [0.1, 0.15) is 17.5 Å². The van der Waals surface area contributed by atoms with Crippen molar-refractivity contribution in [1.82, 2.24) is 15.0 Å². The van der Waals surface area contributed by atoms with E-state index in [4.69, 9.17) is 10.00 Å². The van der Waals surface area contributed by atoms with Gasteiger partial charge in [-0.3, -0.25) is 0 Å². The zero-order valence-electron chi connectivity index (χ0n) is 11.3. The molecule has 0 fully saturated rings. The predicted octanol–water partition coefficient (Wildman–Crippen LogP) is 2.14. The maximum atomic E-state index is 9.94. The van der Waals surface area contributed by atoms with Crippen LogP contribution in [0.4, 0.5) is 0 Å². The normalized spacial score (nSPS) is 10.7. The van der Waals surface area contributed by atoms with E-state index < -0.39 is 0 Å². The van der Waals surface area contributed by atoms with Crippen LogP contribution in [0.2, 0.25) is 0 Å². The highest BCUT2D eigenvalue weighted by atomic mass is 16.5. The second kappa shape index (κ2) is 5.23. The Hall–Kier alpha value is -2.91. The Labute approximate surface area is 120 Å². The van der Waals surface area contributed by atoms with Crippen LogP contribution in [-0.2, 0) is 11.3 Å². The highest BCUT2D eigenvalue weighted by molar-refractivity contribution is 5.94. The molecule has 0 aliphatic heterocycles. The van der Waals surface area contributed by atoms with Crippen LogP contribution in [0, 0.1) is 11.3 Å². The first kappa shape index (κ1) is 13.1. The molecular formula is C15H12N4O2. The monoisotopic (exact) mass is 280 g/mol. The fourth-order valence-corrected chi connectivity index (χ4v) is 2.31. The summed E-state index contributed by atoms with van der Waals surface area (Å²) >= 11 is 0. The molecule has 1 aromatic heterocycles. The number of nitriles is 1. The van der Waals surface area contributed by atoms with Crippen molar-refractivity contribution in [2.75, 3.05) is 7.11 Å². The molecule has 0 unspecified atom stereocenters. The van der Waals surface area contributed by atoms with Gasteiger partial charge in [-0.15, -0.1) is 5.10 Å². The molecule has 0 aliphatic carbocycles. The number of rotatable bonds is 3. The number of fused-ring (bicyclic) bond motifs is 1. The Morgan fingerprint density at radius 3 is 2.76 bits per heavy atom. The number of phenolic OH excluding ortho intramolecular Hbond substituents is 1. The van der Waals surface area contributed by atoms with Crippen LogP contribution in [0.3, 0.4) is 0 Å². The van der Waals surface area contributed by atoms with Gasteiger partial charge >= 0.3 is 0 Å². The SMILES string of the molecule is COCc1c(C#N)nnn1-c1cccc2c(O)cccc12. The summed E-state index contributed by atoms with van der Waals surface area (Å²) in [6.45, 7) is 0.227. The standard InChI is InChI=1S/C15H12N4O2/c1-21-9-14-12(8-16)17-18-19(14)13-6-2-5-11-10(13)4-3-7-15(11)20/h2-7,20H,9H2,1H3. The summed E-state index contributed by atoms with van der Waals surface area (Å²) in [6, 6.07) is 12.8. The van der Waals surface area contributed by atoms with Gasteiger partial charge in [0, 0.05) is 17.9 Å². The molecule has 2 aromatic carbocycles. The number of nitrogens with zero attached hydrogens (tertiary/aromatic N) is 4. The van der Waals surface area contributed by atoms with Crippen molar-refractivity contribution < 1.29 is 9.84 Å². The zero-order chi connectivity index (χ0) is 14.8. The van der Waals surface area contributed by atoms with Crippen molar-refractivity contribution in [2.24, 2.45) is 0 Å². The first-order chi connectivity index (χ1) is 10.3. The summed E-state index contributed by atoms with van der Waals surface area (Å²) in [4.78, 5) is 0. The fraction of sp³-hybridized carbons (Fsp3) is 0.133. The van der Waals surface area contributed by atoms with E-state index in [-0.39, 0.29) is 18.1 Å². The van der Waals surface area contributed by atoms with Gasteiger partial charge in [0.15, 0.2) is 5.69 Å². The number of hydrogen-bond donors (Lipinski definition) is 1. The van der Waals surface area contributed by atoms with Crippen LogP contribution < -0.4 is 0 Å². The average molecular weight is 280 g/mol. The number of benzene rings is 2. The van der Waals surface area contributed by atoms with Gasteiger partial charge in [0.2, 0.25) is 0 Å². The molecule has 3 aromatic rings. The molecule has 0 spiro atoms. The van der Waals surface area contributed by atoms with Crippen molar-refractivity contribution >= 4 is 10.8 Å². The molecule has 0 bridgehead atoms. The van der Waals surface area contributed by atoms with Crippen molar-refractivity contribution in [3.63, 3.8) is 0 Å². The predicted molar refractivity (Wildman–Crippen MR) is 76.0 cm³/mol. The third-order valence-corrected chi connectivity index (χ3v) is 3.25. The third-order valence-electron chi connectivity index (χ3n) is 3.25. The first-order valence-corrected chi connectivity index (χ1v) is 6.31. The highest BCUT2D eigenvalue weighted by Crippen LogP contribution is 2.29. The maximum absolute atomic E-state index is 9.94. The summed E-state index contributed by atoms with van der Waals surface area (Å²) in [5.74, 6) is 0.197. The van der Waals surface area contributed by atoms with Gasteiger partial charge < -0.3 is 9.84 Å². The quantitative estimate of drug-likeness (QED) is 0.794. The second-order valence-corrected chi connectivity index (χ2v) is 4.49. The molecule has 0 amide bonds. The van der Waals surface area contributed by atoms with E-state index in [0.29, 0.717) is 11.1 Å². The van der Waals surface area contributed by atoms with Crippen LogP contribution in [0.25, 0.3) is 16.5 Å². The van der Waals surface area contributed by atoms with Gasteiger partial charge in [0.05, 0.1) is 12.3 Å². The van der Waals surface area contributed by atoms with Gasteiger partial charge in [-0.05, 0) is 12.1 Å². The Kier molecular flexibility index (Phi) is 3.26. The number of aromatic hydroxyl groups is 1. The van der Waals surface area contributed by atoms with E-state index in [1.54, 1.807) is 23.9 Å². The van der Waals surface area contributed by atoms with Gasteiger partial charge in [-0.1, -0.05) is 29.5 Å². The van der Waals surface area contributed by atoms with Gasteiger partial charge in [0.25, 0.3) is 0 Å². The van der Waals surface area contributed by atoms with E-state index >= 15 is 0 Å². The Morgan fingerprint density at radius 2 is 2.00 bits per heavy atom. The topological polar surface area (TPSA) is 84.0 Å². The summed E-state index contributed by atoms with van der Waals surface area (Å²) in [7, 11) is 1.55. The van der Waals surface area contributed by atoms with Crippen LogP contribution in [0.15, 0.2) is 36.4 Å². The number of hydrogen-bond acceptors (Lipinski definition) is 5. The molecule has 0 radical (unpaired) electrons. The van der Waals surface area contributed by atoms with Crippen molar-refractivity contribution in [2.45, 2.75) is 6.61 Å². The van der Waals surface area contributed by atoms with Crippen LogP contribution in [-0.4, -0.2) is 27.2 Å². The zero-order valence-corrected chi connectivity index (χ0v) is 11.3. The van der Waals surface area contributed by atoms with E-state index in [9.17, 15) is 5.11 Å². The van der Waals surface area contributed by atoms with Crippen molar-refractivity contribution in [3.8, 4) is 17.5 Å². The van der Waals surface area contributed by atoms with E-state index in [0.717, 1.165) is 11.1 Å². The molecule has 0 aliphatic rings. The van der Waals surface area contributed by atoms with E-state index in [2.05, 4.69) is 10.3 Å². The summed E-state index contributed by atoms with van der Waals surface area (Å²) in [6.07, 6.45) is 0. The Bertz CT molecular complexity index is 848. The molecule has 0 saturated heterocycles. The van der Waals surface area contributed by atoms with E-state index in [1.807, 2.05) is 30.3 Å². The largest absolute Gasteiger partial charge is 0.507 e. The molecule has 21 heavy (non-hydrogen) atoms. The molecule has 0 atom stereocenters. The Morgan fingerprint density at radius 1 is 1.24 bits per heavy atom. The third kappa shape index (κ3) is 2.10. The maximum Gasteiger partial charge on any atom is 0.188 e. The number of aromatic nitrogens is 3. The molecule has 1 N–H and O–H groups in total. The molecule has 0 saturated carbocycles. The smallest absolute Gasteiger partial charge is 0.188 e. The number of methoxy groups -OCH3 is 1. The summed E-state index contributed by atoms with van der Waals surface area (Å²) in [5, 5.41) is 28.5. The fourth-order valence-electron chi connectivity index (χ4n) is 2.31. The lowest BCUT2D eigenvalue weighted by molar-refractivity contribution is 0.179. The lowest BCUT2D eigenvalue weighted by Gasteiger charge is -2.10. The highest BCUT2D eigenvalue weighted by Gasteiger charge is 2.16. The minimum absolute atomic E-state index is 0.197. The lowest BCUT2D eigenvalue weighted by atomic mass is 10.1. The van der Waals surface area contributed by atoms with Gasteiger partial charge in [-0.25, -0.2) is 4.68 Å². The van der Waals surface area contributed by atoms with Crippen LogP contribution in [0.1, 0.15) is 11.4 Å². The summed E-state index contributed by atoms with van der Waals surface area (Å²) in [5.41, 5.74) is 1.55. The lowest BCUT2D eigenvalue weighted by Crippen LogP contribution is -2.05. The van der Waals surface area contributed by atoms with Crippen molar-refractivity contribution in [3.05, 3.63) is 47.8 Å². The molecule has 6 nitrogen and oxygen atoms in total. The average Bonchev–Trinajstić information content (AvgIpc) is 2.90. The molecule has 6 heteroatoms. The van der Waals surface area contributed by atoms with E-state index in [1.165, 1.54) is 0 Å².